The largest absolute Gasteiger partial charge is 0.256 e. The van der Waals surface area contributed by atoms with E-state index in [0.29, 0.717) is 0 Å². The van der Waals surface area contributed by atoms with Crippen molar-refractivity contribution in [3.05, 3.63) is 151 Å². The van der Waals surface area contributed by atoms with Crippen molar-refractivity contribution in [3.8, 4) is 22.4 Å². The van der Waals surface area contributed by atoms with Crippen LogP contribution in [0.3, 0.4) is 0 Å². The quantitative estimate of drug-likeness (QED) is 0.211. The third-order valence-electron chi connectivity index (χ3n) is 6.57. The number of hydrogen-bond donors (Lipinski definition) is 0. The van der Waals surface area contributed by atoms with Crippen LogP contribution in [0.5, 0.6) is 0 Å². The molecule has 1 nitrogen and oxygen atoms in total. The minimum atomic E-state index is 0.967. The first-order chi connectivity index (χ1) is 18.3. The van der Waals surface area contributed by atoms with Gasteiger partial charge in [0.25, 0.3) is 0 Å². The van der Waals surface area contributed by atoms with Crippen LogP contribution in [0.1, 0.15) is 11.1 Å². The molecule has 0 amide bonds. The van der Waals surface area contributed by atoms with Crippen LogP contribution < -0.4 is 0 Å². The van der Waals surface area contributed by atoms with E-state index in [1.807, 2.05) is 41.8 Å². The normalized spacial score (nSPS) is 11.9. The Bertz CT molecular complexity index is 1770. The van der Waals surface area contributed by atoms with Gasteiger partial charge in [0, 0.05) is 31.9 Å². The van der Waals surface area contributed by atoms with E-state index < -0.39 is 0 Å². The number of rotatable bonds is 6. The highest BCUT2D eigenvalue weighted by Gasteiger charge is 2.09. The van der Waals surface area contributed by atoms with Gasteiger partial charge in [-0.1, -0.05) is 116 Å². The van der Waals surface area contributed by atoms with E-state index in [0.717, 1.165) is 28.0 Å². The molecule has 0 aliphatic heterocycles. The molecule has 0 spiro atoms. The third-order valence-corrected chi connectivity index (χ3v) is 7.79. The lowest BCUT2D eigenvalue weighted by Gasteiger charge is -2.06. The van der Waals surface area contributed by atoms with Crippen molar-refractivity contribution in [2.24, 2.45) is 0 Å². The lowest BCUT2D eigenvalue weighted by Crippen LogP contribution is -1.85. The van der Waals surface area contributed by atoms with Crippen LogP contribution in [0, 0.1) is 0 Å². The fraction of sp³-hybridized carbons (Fsp3) is 0. The van der Waals surface area contributed by atoms with Crippen molar-refractivity contribution >= 4 is 43.2 Å². The van der Waals surface area contributed by atoms with E-state index >= 15 is 0 Å². The molecule has 2 aromatic heterocycles. The lowest BCUT2D eigenvalue weighted by atomic mass is 10.0. The molecule has 2 heteroatoms. The van der Waals surface area contributed by atoms with Crippen molar-refractivity contribution in [3.63, 3.8) is 0 Å². The standard InChI is InChI=1S/C35H25NS/c1-2-26(28-12-8-13-29(24-28)33-17-5-6-23-36-33)11-7-10-25-19-21-27(22-20-25)30-15-9-16-32-31-14-3-4-18-34(31)37-35(30)32/h2-24H,1H2/b10-7+,26-11+. The molecular weight excluding hydrogens is 466 g/mol. The fourth-order valence-corrected chi connectivity index (χ4v) is 5.92. The van der Waals surface area contributed by atoms with Crippen LogP contribution in [0.4, 0.5) is 0 Å². The predicted octanol–water partition coefficient (Wildman–Crippen LogP) is 10.1. The monoisotopic (exact) mass is 491 g/mol. The Morgan fingerprint density at radius 3 is 2.38 bits per heavy atom. The summed E-state index contributed by atoms with van der Waals surface area (Å²) in [7, 11) is 0. The second kappa shape index (κ2) is 10.2. The topological polar surface area (TPSA) is 12.9 Å². The van der Waals surface area contributed by atoms with Crippen LogP contribution in [0.25, 0.3) is 54.2 Å². The van der Waals surface area contributed by atoms with Gasteiger partial charge in [-0.2, -0.15) is 0 Å². The Morgan fingerprint density at radius 1 is 0.730 bits per heavy atom. The molecule has 0 bridgehead atoms. The number of thiophene rings is 1. The van der Waals surface area contributed by atoms with Gasteiger partial charge in [0.05, 0.1) is 5.69 Å². The summed E-state index contributed by atoms with van der Waals surface area (Å²) < 4.78 is 2.68. The molecule has 0 atom stereocenters. The zero-order valence-electron chi connectivity index (χ0n) is 20.3. The van der Waals surface area contributed by atoms with Crippen molar-refractivity contribution in [1.82, 2.24) is 4.98 Å². The first kappa shape index (κ1) is 22.9. The molecule has 2 heterocycles. The zero-order chi connectivity index (χ0) is 25.0. The number of nitrogens with zero attached hydrogens (tertiary/aromatic N) is 1. The second-order valence-corrected chi connectivity index (χ2v) is 9.94. The average molecular weight is 492 g/mol. The molecule has 0 radical (unpaired) electrons. The number of benzene rings is 4. The van der Waals surface area contributed by atoms with Crippen LogP contribution >= 0.6 is 11.3 Å². The minimum Gasteiger partial charge on any atom is -0.256 e. The molecule has 0 saturated heterocycles. The van der Waals surface area contributed by atoms with E-state index in [1.165, 1.54) is 31.3 Å². The molecule has 0 unspecified atom stereocenters. The van der Waals surface area contributed by atoms with Gasteiger partial charge in [-0.15, -0.1) is 11.3 Å². The third kappa shape index (κ3) is 4.67. The summed E-state index contributed by atoms with van der Waals surface area (Å²) >= 11 is 1.87. The number of fused-ring (bicyclic) bond motifs is 3. The van der Waals surface area contributed by atoms with Gasteiger partial charge in [0.15, 0.2) is 0 Å². The Labute approximate surface area is 221 Å². The summed E-state index contributed by atoms with van der Waals surface area (Å²) in [5, 5.41) is 2.66. The first-order valence-corrected chi connectivity index (χ1v) is 13.2. The van der Waals surface area contributed by atoms with Crippen molar-refractivity contribution in [2.75, 3.05) is 0 Å². The van der Waals surface area contributed by atoms with E-state index in [9.17, 15) is 0 Å². The van der Waals surface area contributed by atoms with Gasteiger partial charge in [-0.3, -0.25) is 4.98 Å². The molecule has 0 fully saturated rings. The molecule has 4 aromatic carbocycles. The van der Waals surface area contributed by atoms with Crippen molar-refractivity contribution < 1.29 is 0 Å². The fourth-order valence-electron chi connectivity index (χ4n) is 4.68. The smallest absolute Gasteiger partial charge is 0.0702 e. The van der Waals surface area contributed by atoms with Crippen LogP contribution in [0.2, 0.25) is 0 Å². The molecule has 0 saturated carbocycles. The van der Waals surface area contributed by atoms with E-state index in [4.69, 9.17) is 0 Å². The van der Waals surface area contributed by atoms with Gasteiger partial charge < -0.3 is 0 Å². The minimum absolute atomic E-state index is 0.967. The molecule has 6 rings (SSSR count). The second-order valence-electron chi connectivity index (χ2n) is 8.88. The highest BCUT2D eigenvalue weighted by atomic mass is 32.1. The Morgan fingerprint density at radius 2 is 1.54 bits per heavy atom. The van der Waals surface area contributed by atoms with Crippen molar-refractivity contribution in [1.29, 1.82) is 0 Å². The number of allylic oxidation sites excluding steroid dienone is 4. The summed E-state index contributed by atoms with van der Waals surface area (Å²) in [6.07, 6.45) is 10.1. The van der Waals surface area contributed by atoms with Gasteiger partial charge >= 0.3 is 0 Å². The maximum absolute atomic E-state index is 4.48. The molecule has 6 aromatic rings. The Hall–Kier alpha value is -4.53. The molecule has 176 valence electrons. The highest BCUT2D eigenvalue weighted by Crippen LogP contribution is 2.39. The summed E-state index contributed by atoms with van der Waals surface area (Å²) in [6, 6.07) is 38.4. The summed E-state index contributed by atoms with van der Waals surface area (Å²) in [5.74, 6) is 0. The Balaban J connectivity index is 1.25. The zero-order valence-corrected chi connectivity index (χ0v) is 21.2. The average Bonchev–Trinajstić information content (AvgIpc) is 3.35. The predicted molar refractivity (Wildman–Crippen MR) is 162 cm³/mol. The first-order valence-electron chi connectivity index (χ1n) is 12.3. The van der Waals surface area contributed by atoms with Gasteiger partial charge in [-0.05, 0) is 52.1 Å². The van der Waals surface area contributed by atoms with E-state index in [1.54, 1.807) is 0 Å². The number of pyridine rings is 1. The number of aromatic nitrogens is 1. The van der Waals surface area contributed by atoms with Gasteiger partial charge in [0.2, 0.25) is 0 Å². The molecule has 0 N–H and O–H groups in total. The Kier molecular flexibility index (Phi) is 6.33. The van der Waals surface area contributed by atoms with Crippen LogP contribution in [-0.2, 0) is 0 Å². The number of hydrogen-bond acceptors (Lipinski definition) is 2. The molecule has 0 aliphatic rings. The molecule has 0 aliphatic carbocycles. The maximum atomic E-state index is 4.48. The molecule has 37 heavy (non-hydrogen) atoms. The van der Waals surface area contributed by atoms with Gasteiger partial charge in [-0.25, -0.2) is 0 Å². The molecular formula is C35H25NS. The van der Waals surface area contributed by atoms with Crippen molar-refractivity contribution in [2.45, 2.75) is 0 Å². The highest BCUT2D eigenvalue weighted by molar-refractivity contribution is 7.26. The van der Waals surface area contributed by atoms with Crippen LogP contribution in [-0.4, -0.2) is 4.98 Å². The SMILES string of the molecule is C=C/C(=C\C=C\c1ccc(-c2cccc3c2sc2ccccc23)cc1)c1cccc(-c2ccccn2)c1. The van der Waals surface area contributed by atoms with Gasteiger partial charge in [0.1, 0.15) is 0 Å². The summed E-state index contributed by atoms with van der Waals surface area (Å²) in [6.45, 7) is 4.03. The maximum Gasteiger partial charge on any atom is 0.0702 e. The summed E-state index contributed by atoms with van der Waals surface area (Å²) in [4.78, 5) is 4.48. The lowest BCUT2D eigenvalue weighted by molar-refractivity contribution is 1.32. The summed E-state index contributed by atoms with van der Waals surface area (Å²) in [5.41, 5.74) is 7.94. The van der Waals surface area contributed by atoms with E-state index in [2.05, 4.69) is 121 Å². The van der Waals surface area contributed by atoms with Crippen LogP contribution in [0.15, 0.2) is 140 Å². The van der Waals surface area contributed by atoms with E-state index in [-0.39, 0.29) is 0 Å².